The van der Waals surface area contributed by atoms with Gasteiger partial charge in [-0.2, -0.15) is 0 Å². The number of piperidine rings is 1. The Balaban J connectivity index is 1.42. The highest BCUT2D eigenvalue weighted by Crippen LogP contribution is 2.23. The molecular weight excluding hydrogens is 334 g/mol. The van der Waals surface area contributed by atoms with Crippen LogP contribution in [0, 0.1) is 0 Å². The Morgan fingerprint density at radius 3 is 2.64 bits per heavy atom. The Morgan fingerprint density at radius 1 is 1.12 bits per heavy atom. The SMILES string of the molecule is O=C(CCc1csc(-c2ccccc2)n1)NCC(=O)N1CCCCC1. The summed E-state index contributed by atoms with van der Waals surface area (Å²) in [6.07, 6.45) is 4.26. The van der Waals surface area contributed by atoms with Crippen molar-refractivity contribution in [3.8, 4) is 10.6 Å². The lowest BCUT2D eigenvalue weighted by Crippen LogP contribution is -2.42. The number of hydrogen-bond donors (Lipinski definition) is 1. The van der Waals surface area contributed by atoms with E-state index >= 15 is 0 Å². The van der Waals surface area contributed by atoms with Crippen LogP contribution in [-0.4, -0.2) is 41.3 Å². The second-order valence-electron chi connectivity index (χ2n) is 6.23. The van der Waals surface area contributed by atoms with Crippen molar-refractivity contribution in [1.29, 1.82) is 0 Å². The van der Waals surface area contributed by atoms with Crippen molar-refractivity contribution in [2.24, 2.45) is 0 Å². The molecule has 3 rings (SSSR count). The molecule has 1 saturated heterocycles. The molecule has 5 nitrogen and oxygen atoms in total. The predicted molar refractivity (Wildman–Crippen MR) is 99.3 cm³/mol. The third-order valence-corrected chi connectivity index (χ3v) is 5.27. The summed E-state index contributed by atoms with van der Waals surface area (Å²) in [4.78, 5) is 30.4. The highest BCUT2D eigenvalue weighted by Gasteiger charge is 2.16. The first-order valence-electron chi connectivity index (χ1n) is 8.76. The summed E-state index contributed by atoms with van der Waals surface area (Å²) in [5, 5.41) is 5.70. The van der Waals surface area contributed by atoms with Crippen molar-refractivity contribution in [3.05, 3.63) is 41.4 Å². The molecule has 0 aliphatic carbocycles. The van der Waals surface area contributed by atoms with Gasteiger partial charge in [0.2, 0.25) is 11.8 Å². The first-order chi connectivity index (χ1) is 12.2. The van der Waals surface area contributed by atoms with Gasteiger partial charge in [-0.1, -0.05) is 30.3 Å². The minimum atomic E-state index is -0.0976. The summed E-state index contributed by atoms with van der Waals surface area (Å²) in [6.45, 7) is 1.73. The largest absolute Gasteiger partial charge is 0.347 e. The molecule has 0 bridgehead atoms. The highest BCUT2D eigenvalue weighted by atomic mass is 32.1. The molecule has 1 aliphatic rings. The van der Waals surface area contributed by atoms with Crippen molar-refractivity contribution in [1.82, 2.24) is 15.2 Å². The molecule has 0 unspecified atom stereocenters. The lowest BCUT2D eigenvalue weighted by molar-refractivity contribution is -0.133. The van der Waals surface area contributed by atoms with Crippen molar-refractivity contribution in [3.63, 3.8) is 0 Å². The molecule has 0 radical (unpaired) electrons. The molecule has 132 valence electrons. The number of nitrogens with zero attached hydrogens (tertiary/aromatic N) is 2. The van der Waals surface area contributed by atoms with Gasteiger partial charge in [0.05, 0.1) is 12.2 Å². The first kappa shape index (κ1) is 17.6. The van der Waals surface area contributed by atoms with Crippen LogP contribution < -0.4 is 5.32 Å². The minimum absolute atomic E-state index is 0.0214. The highest BCUT2D eigenvalue weighted by molar-refractivity contribution is 7.13. The number of thiazole rings is 1. The predicted octanol–water partition coefficient (Wildman–Crippen LogP) is 2.87. The molecule has 2 heterocycles. The van der Waals surface area contributed by atoms with Gasteiger partial charge in [0.15, 0.2) is 0 Å². The smallest absolute Gasteiger partial charge is 0.241 e. The number of likely N-dealkylation sites (tertiary alicyclic amines) is 1. The zero-order valence-corrected chi connectivity index (χ0v) is 15.1. The molecule has 1 aromatic heterocycles. The number of rotatable bonds is 6. The van der Waals surface area contributed by atoms with E-state index in [4.69, 9.17) is 0 Å². The van der Waals surface area contributed by atoms with Crippen LogP contribution in [0.2, 0.25) is 0 Å². The molecule has 2 aromatic rings. The number of carbonyl (C=O) groups is 2. The topological polar surface area (TPSA) is 62.3 Å². The molecule has 25 heavy (non-hydrogen) atoms. The van der Waals surface area contributed by atoms with E-state index in [1.807, 2.05) is 40.6 Å². The van der Waals surface area contributed by atoms with E-state index in [1.165, 1.54) is 6.42 Å². The molecule has 1 N–H and O–H groups in total. The van der Waals surface area contributed by atoms with Gasteiger partial charge in [-0.15, -0.1) is 11.3 Å². The Hall–Kier alpha value is -2.21. The summed E-state index contributed by atoms with van der Waals surface area (Å²) >= 11 is 1.59. The van der Waals surface area contributed by atoms with Gasteiger partial charge >= 0.3 is 0 Å². The van der Waals surface area contributed by atoms with Gasteiger partial charge in [-0.3, -0.25) is 9.59 Å². The summed E-state index contributed by atoms with van der Waals surface area (Å²) < 4.78 is 0. The van der Waals surface area contributed by atoms with Crippen LogP contribution >= 0.6 is 11.3 Å². The Morgan fingerprint density at radius 2 is 1.88 bits per heavy atom. The standard InChI is InChI=1S/C19H23N3O2S/c23-17(20-13-18(24)22-11-5-2-6-12-22)10-9-16-14-25-19(21-16)15-7-3-1-4-8-15/h1,3-4,7-8,14H,2,5-6,9-13H2,(H,20,23). The van der Waals surface area contributed by atoms with Crippen LogP contribution in [-0.2, 0) is 16.0 Å². The Labute approximate surface area is 152 Å². The fraction of sp³-hybridized carbons (Fsp3) is 0.421. The number of aryl methyl sites for hydroxylation is 1. The van der Waals surface area contributed by atoms with Crippen molar-refractivity contribution in [2.75, 3.05) is 19.6 Å². The number of carbonyl (C=O) groups excluding carboxylic acids is 2. The Bertz CT molecular complexity index is 708. The van der Waals surface area contributed by atoms with Crippen LogP contribution in [0.15, 0.2) is 35.7 Å². The molecule has 6 heteroatoms. The lowest BCUT2D eigenvalue weighted by atomic mass is 10.1. The fourth-order valence-electron chi connectivity index (χ4n) is 2.89. The minimum Gasteiger partial charge on any atom is -0.347 e. The van der Waals surface area contributed by atoms with Crippen molar-refractivity contribution < 1.29 is 9.59 Å². The zero-order valence-electron chi connectivity index (χ0n) is 14.2. The number of nitrogens with one attached hydrogen (secondary N) is 1. The normalized spacial score (nSPS) is 14.3. The number of benzene rings is 1. The molecule has 2 amide bonds. The van der Waals surface area contributed by atoms with E-state index in [0.29, 0.717) is 12.8 Å². The van der Waals surface area contributed by atoms with E-state index in [1.54, 1.807) is 11.3 Å². The van der Waals surface area contributed by atoms with Gasteiger partial charge in [0.25, 0.3) is 0 Å². The lowest BCUT2D eigenvalue weighted by Gasteiger charge is -2.26. The quantitative estimate of drug-likeness (QED) is 0.865. The van der Waals surface area contributed by atoms with Gasteiger partial charge in [0.1, 0.15) is 5.01 Å². The van der Waals surface area contributed by atoms with Gasteiger partial charge in [-0.05, 0) is 25.7 Å². The van der Waals surface area contributed by atoms with Crippen LogP contribution in [0.1, 0.15) is 31.4 Å². The molecule has 0 saturated carbocycles. The van der Waals surface area contributed by atoms with E-state index in [-0.39, 0.29) is 18.4 Å². The van der Waals surface area contributed by atoms with Crippen LogP contribution in [0.4, 0.5) is 0 Å². The number of hydrogen-bond acceptors (Lipinski definition) is 4. The maximum Gasteiger partial charge on any atom is 0.241 e. The number of amides is 2. The zero-order chi connectivity index (χ0) is 17.5. The summed E-state index contributed by atoms with van der Waals surface area (Å²) in [6, 6.07) is 10.0. The van der Waals surface area contributed by atoms with Crippen molar-refractivity contribution >= 4 is 23.2 Å². The molecule has 0 spiro atoms. The second-order valence-corrected chi connectivity index (χ2v) is 7.09. The van der Waals surface area contributed by atoms with Crippen LogP contribution in [0.5, 0.6) is 0 Å². The van der Waals surface area contributed by atoms with Crippen LogP contribution in [0.25, 0.3) is 10.6 Å². The van der Waals surface area contributed by atoms with Crippen molar-refractivity contribution in [2.45, 2.75) is 32.1 Å². The molecule has 0 atom stereocenters. The van der Waals surface area contributed by atoms with E-state index in [0.717, 1.165) is 42.2 Å². The van der Waals surface area contributed by atoms with E-state index in [2.05, 4.69) is 10.3 Å². The second kappa shape index (κ2) is 8.76. The maximum absolute atomic E-state index is 12.0. The van der Waals surface area contributed by atoms with Gasteiger partial charge < -0.3 is 10.2 Å². The third kappa shape index (κ3) is 5.13. The average molecular weight is 357 g/mol. The monoisotopic (exact) mass is 357 g/mol. The van der Waals surface area contributed by atoms with E-state index < -0.39 is 0 Å². The maximum atomic E-state index is 12.0. The molecular formula is C19H23N3O2S. The average Bonchev–Trinajstić information content (AvgIpc) is 3.15. The Kier molecular flexibility index (Phi) is 6.17. The summed E-state index contributed by atoms with van der Waals surface area (Å²) in [7, 11) is 0. The molecule has 1 fully saturated rings. The first-order valence-corrected chi connectivity index (χ1v) is 9.64. The van der Waals surface area contributed by atoms with E-state index in [9.17, 15) is 9.59 Å². The summed E-state index contributed by atoms with van der Waals surface area (Å²) in [5.74, 6) is -0.0762. The summed E-state index contributed by atoms with van der Waals surface area (Å²) in [5.41, 5.74) is 2.01. The fourth-order valence-corrected chi connectivity index (χ4v) is 3.75. The van der Waals surface area contributed by atoms with Gasteiger partial charge in [-0.25, -0.2) is 4.98 Å². The molecule has 1 aliphatic heterocycles. The molecule has 1 aromatic carbocycles. The number of aromatic nitrogens is 1. The van der Waals surface area contributed by atoms with Gasteiger partial charge in [0, 0.05) is 30.5 Å². The third-order valence-electron chi connectivity index (χ3n) is 4.33. The van der Waals surface area contributed by atoms with Crippen LogP contribution in [0.3, 0.4) is 0 Å².